The van der Waals surface area contributed by atoms with Crippen molar-refractivity contribution >= 4 is 23.6 Å². The van der Waals surface area contributed by atoms with Crippen LogP contribution in [-0.4, -0.2) is 60.7 Å². The van der Waals surface area contributed by atoms with Gasteiger partial charge in [0, 0.05) is 49.9 Å². The topological polar surface area (TPSA) is 72.0 Å². The van der Waals surface area contributed by atoms with Gasteiger partial charge in [-0.25, -0.2) is 4.79 Å². The first-order valence-corrected chi connectivity index (χ1v) is 11.6. The molecule has 1 fully saturated rings. The molecular formula is C26H28F3N3O4. The second-order valence-corrected chi connectivity index (χ2v) is 9.75. The zero-order chi connectivity index (χ0) is 26.3. The molecule has 0 spiro atoms. The number of anilines is 1. The number of pyridine rings is 1. The van der Waals surface area contributed by atoms with Gasteiger partial charge < -0.3 is 19.3 Å². The summed E-state index contributed by atoms with van der Waals surface area (Å²) in [7, 11) is 1.50. The van der Waals surface area contributed by atoms with Gasteiger partial charge >= 0.3 is 12.3 Å². The van der Waals surface area contributed by atoms with Gasteiger partial charge in [-0.1, -0.05) is 0 Å². The summed E-state index contributed by atoms with van der Waals surface area (Å²) >= 11 is 0. The molecule has 0 atom stereocenters. The Balaban J connectivity index is 1.56. The Morgan fingerprint density at radius 1 is 1.11 bits per heavy atom. The lowest BCUT2D eigenvalue weighted by Crippen LogP contribution is -2.50. The minimum atomic E-state index is -4.58. The van der Waals surface area contributed by atoms with Crippen molar-refractivity contribution < 1.29 is 32.2 Å². The van der Waals surface area contributed by atoms with Crippen LogP contribution in [0.25, 0.3) is 6.08 Å². The average molecular weight is 504 g/mol. The maximum absolute atomic E-state index is 13.4. The minimum Gasteiger partial charge on any atom is -0.495 e. The van der Waals surface area contributed by atoms with Crippen LogP contribution in [0, 0.1) is 0 Å². The summed E-state index contributed by atoms with van der Waals surface area (Å²) in [4.78, 5) is 33.0. The number of hydrogen-bond donors (Lipinski definition) is 0. The maximum Gasteiger partial charge on any atom is 0.418 e. The second kappa shape index (κ2) is 9.48. The predicted octanol–water partition coefficient (Wildman–Crippen LogP) is 4.99. The zero-order valence-electron chi connectivity index (χ0n) is 20.6. The predicted molar refractivity (Wildman–Crippen MR) is 128 cm³/mol. The smallest absolute Gasteiger partial charge is 0.418 e. The molecule has 36 heavy (non-hydrogen) atoms. The number of alkyl halides is 3. The van der Waals surface area contributed by atoms with E-state index in [1.807, 2.05) is 26.8 Å². The fourth-order valence-corrected chi connectivity index (χ4v) is 4.35. The number of methoxy groups -OCH3 is 1. The molecule has 0 radical (unpaired) electrons. The number of carbonyl (C=O) groups is 2. The SMILES string of the molecule is COc1cc2c(cc1N1CCN(C(=O)OC(C)(C)C)CC1)C/C(=C\c1ncccc1C(F)(F)F)C2=O. The fourth-order valence-electron chi connectivity index (χ4n) is 4.35. The van der Waals surface area contributed by atoms with Crippen LogP contribution in [-0.2, 0) is 17.3 Å². The van der Waals surface area contributed by atoms with Crippen molar-refractivity contribution in [2.75, 3.05) is 38.2 Å². The Morgan fingerprint density at radius 2 is 1.81 bits per heavy atom. The van der Waals surface area contributed by atoms with Crippen LogP contribution in [0.1, 0.15) is 48.0 Å². The normalized spacial score (nSPS) is 17.4. The van der Waals surface area contributed by atoms with Crippen LogP contribution in [0.3, 0.4) is 0 Å². The van der Waals surface area contributed by atoms with Crippen molar-refractivity contribution in [1.82, 2.24) is 9.88 Å². The van der Waals surface area contributed by atoms with Crippen molar-refractivity contribution in [3.63, 3.8) is 0 Å². The standard InChI is InChI=1S/C26H28F3N3O4/c1-25(2,3)36-24(34)32-10-8-31(9-11-32)21-14-16-12-17(23(33)18(16)15-22(21)35-4)13-20-19(26(27,28)29)6-5-7-30-20/h5-7,13-15H,8-12H2,1-4H3/b17-13+. The number of carbonyl (C=O) groups excluding carboxylic acids is 2. The number of fused-ring (bicyclic) bond motifs is 1. The lowest BCUT2D eigenvalue weighted by Gasteiger charge is -2.37. The number of ether oxygens (including phenoxy) is 2. The molecule has 192 valence electrons. The summed E-state index contributed by atoms with van der Waals surface area (Å²) < 4.78 is 51.2. The highest BCUT2D eigenvalue weighted by Crippen LogP contribution is 2.39. The molecule has 7 nitrogen and oxygen atoms in total. The summed E-state index contributed by atoms with van der Waals surface area (Å²) in [6.45, 7) is 7.44. The number of aromatic nitrogens is 1. The number of rotatable bonds is 3. The van der Waals surface area contributed by atoms with E-state index in [1.165, 1.54) is 25.4 Å². The van der Waals surface area contributed by atoms with E-state index < -0.39 is 17.3 Å². The Labute approximate surface area is 207 Å². The van der Waals surface area contributed by atoms with E-state index in [4.69, 9.17) is 9.47 Å². The number of piperazine rings is 1. The van der Waals surface area contributed by atoms with Crippen LogP contribution in [0.5, 0.6) is 5.75 Å². The van der Waals surface area contributed by atoms with Gasteiger partial charge in [-0.2, -0.15) is 13.2 Å². The zero-order valence-corrected chi connectivity index (χ0v) is 20.6. The largest absolute Gasteiger partial charge is 0.495 e. The van der Waals surface area contributed by atoms with Crippen molar-refractivity contribution in [1.29, 1.82) is 0 Å². The van der Waals surface area contributed by atoms with Crippen molar-refractivity contribution in [2.45, 2.75) is 39.0 Å². The summed E-state index contributed by atoms with van der Waals surface area (Å²) in [5.41, 5.74) is 0.366. The highest BCUT2D eigenvalue weighted by Gasteiger charge is 2.35. The van der Waals surface area contributed by atoms with Crippen molar-refractivity contribution in [2.24, 2.45) is 0 Å². The lowest BCUT2D eigenvalue weighted by molar-refractivity contribution is -0.138. The number of ketones is 1. The Bertz CT molecular complexity index is 1210. The van der Waals surface area contributed by atoms with Gasteiger partial charge in [-0.15, -0.1) is 0 Å². The van der Waals surface area contributed by atoms with Gasteiger partial charge in [0.25, 0.3) is 0 Å². The highest BCUT2D eigenvalue weighted by molar-refractivity contribution is 6.16. The molecule has 0 bridgehead atoms. The van der Waals surface area contributed by atoms with Crippen LogP contribution < -0.4 is 9.64 Å². The molecule has 0 unspecified atom stereocenters. The highest BCUT2D eigenvalue weighted by atomic mass is 19.4. The van der Waals surface area contributed by atoms with Crippen LogP contribution in [0.2, 0.25) is 0 Å². The summed E-state index contributed by atoms with van der Waals surface area (Å²) in [5.74, 6) is 0.145. The van der Waals surface area contributed by atoms with E-state index in [9.17, 15) is 22.8 Å². The van der Waals surface area contributed by atoms with E-state index >= 15 is 0 Å². The summed E-state index contributed by atoms with van der Waals surface area (Å²) in [6.07, 6.45) is -2.26. The molecule has 4 rings (SSSR count). The van der Waals surface area contributed by atoms with Crippen LogP contribution in [0.4, 0.5) is 23.7 Å². The number of hydrogen-bond acceptors (Lipinski definition) is 6. The average Bonchev–Trinajstić information content (AvgIpc) is 3.11. The third kappa shape index (κ3) is 5.32. The number of allylic oxidation sites excluding steroid dienone is 1. The number of nitrogens with zero attached hydrogens (tertiary/aromatic N) is 3. The molecule has 1 aromatic heterocycles. The summed E-state index contributed by atoms with van der Waals surface area (Å²) in [5, 5.41) is 0. The van der Waals surface area contributed by atoms with E-state index in [0.717, 1.165) is 11.8 Å². The molecule has 10 heteroatoms. The Kier molecular flexibility index (Phi) is 6.72. The van der Waals surface area contributed by atoms with E-state index in [0.29, 0.717) is 43.1 Å². The van der Waals surface area contributed by atoms with Gasteiger partial charge in [-0.05, 0) is 56.7 Å². The molecule has 0 N–H and O–H groups in total. The Morgan fingerprint density at radius 3 is 2.42 bits per heavy atom. The monoisotopic (exact) mass is 503 g/mol. The molecule has 0 saturated carbocycles. The van der Waals surface area contributed by atoms with Gasteiger partial charge in [0.05, 0.1) is 24.1 Å². The molecule has 2 aliphatic rings. The first kappa shape index (κ1) is 25.5. The van der Waals surface area contributed by atoms with Crippen molar-refractivity contribution in [3.05, 3.63) is 58.4 Å². The molecular weight excluding hydrogens is 475 g/mol. The molecule has 1 saturated heterocycles. The van der Waals surface area contributed by atoms with Gasteiger partial charge in [0.15, 0.2) is 5.78 Å². The van der Waals surface area contributed by atoms with Crippen LogP contribution in [0.15, 0.2) is 36.0 Å². The number of amides is 1. The van der Waals surface area contributed by atoms with E-state index in [2.05, 4.69) is 9.88 Å². The molecule has 1 aliphatic heterocycles. The number of halogens is 3. The lowest BCUT2D eigenvalue weighted by atomic mass is 10.1. The first-order valence-electron chi connectivity index (χ1n) is 11.6. The Hall–Kier alpha value is -3.56. The van der Waals surface area contributed by atoms with Gasteiger partial charge in [0.1, 0.15) is 11.4 Å². The fraction of sp³-hybridized carbons (Fsp3) is 0.423. The van der Waals surface area contributed by atoms with Crippen molar-refractivity contribution in [3.8, 4) is 5.75 Å². The first-order chi connectivity index (χ1) is 16.9. The van der Waals surface area contributed by atoms with Crippen LogP contribution >= 0.6 is 0 Å². The van der Waals surface area contributed by atoms with E-state index in [1.54, 1.807) is 11.0 Å². The number of Topliss-reactive ketones (excluding diaryl/α,β-unsaturated/α-hetero) is 1. The molecule has 2 aromatic rings. The minimum absolute atomic E-state index is 0.191. The molecule has 1 aromatic carbocycles. The number of benzene rings is 1. The maximum atomic E-state index is 13.4. The summed E-state index contributed by atoms with van der Waals surface area (Å²) in [6, 6.07) is 5.65. The van der Waals surface area contributed by atoms with Gasteiger partial charge in [0.2, 0.25) is 0 Å². The molecule has 1 amide bonds. The molecule has 2 heterocycles. The second-order valence-electron chi connectivity index (χ2n) is 9.75. The van der Waals surface area contributed by atoms with Gasteiger partial charge in [-0.3, -0.25) is 9.78 Å². The third-order valence-electron chi connectivity index (χ3n) is 6.05. The van der Waals surface area contributed by atoms with E-state index in [-0.39, 0.29) is 29.6 Å². The quantitative estimate of drug-likeness (QED) is 0.550. The third-order valence-corrected chi connectivity index (χ3v) is 6.05. The molecule has 1 aliphatic carbocycles.